The fourth-order valence-corrected chi connectivity index (χ4v) is 2.67. The van der Waals surface area contributed by atoms with Gasteiger partial charge in [-0.05, 0) is 37.1 Å². The Bertz CT molecular complexity index is 598. The zero-order valence-electron chi connectivity index (χ0n) is 11.7. The molecule has 0 bridgehead atoms. The van der Waals surface area contributed by atoms with E-state index in [4.69, 9.17) is 0 Å². The van der Waals surface area contributed by atoms with Crippen LogP contribution < -0.4 is 10.2 Å². The Morgan fingerprint density at radius 3 is 2.52 bits per heavy atom. The molecule has 0 amide bonds. The van der Waals surface area contributed by atoms with Crippen LogP contribution >= 0.6 is 0 Å². The first-order chi connectivity index (χ1) is 10.2. The Labute approximate surface area is 123 Å². The first-order valence-corrected chi connectivity index (χ1v) is 7.12. The molecule has 21 heavy (non-hydrogen) atoms. The highest BCUT2D eigenvalue weighted by Crippen LogP contribution is 2.24. The van der Waals surface area contributed by atoms with Gasteiger partial charge in [0, 0.05) is 49.0 Å². The monoisotopic (exact) mass is 287 g/mol. The summed E-state index contributed by atoms with van der Waals surface area (Å²) in [5.74, 6) is -0.901. The number of hydrogen-bond acceptors (Lipinski definition) is 4. The van der Waals surface area contributed by atoms with Crippen LogP contribution in [0.3, 0.4) is 0 Å². The van der Waals surface area contributed by atoms with Gasteiger partial charge in [-0.3, -0.25) is 4.98 Å². The lowest BCUT2D eigenvalue weighted by Crippen LogP contribution is -2.39. The molecule has 5 heteroatoms. The largest absolute Gasteiger partial charge is 0.505 e. The summed E-state index contributed by atoms with van der Waals surface area (Å²) in [7, 11) is 0. The molecule has 0 atom stereocenters. The van der Waals surface area contributed by atoms with Crippen LogP contribution in [0.15, 0.2) is 42.7 Å². The van der Waals surface area contributed by atoms with Crippen LogP contribution in [0, 0.1) is 5.82 Å². The molecule has 1 aromatic heterocycles. The fraction of sp³-hybridized carbons (Fsp3) is 0.312. The molecule has 1 aliphatic rings. The van der Waals surface area contributed by atoms with Crippen molar-refractivity contribution in [2.75, 3.05) is 23.3 Å². The van der Waals surface area contributed by atoms with Gasteiger partial charge in [0.2, 0.25) is 0 Å². The zero-order chi connectivity index (χ0) is 14.7. The van der Waals surface area contributed by atoms with E-state index >= 15 is 0 Å². The highest BCUT2D eigenvalue weighted by atomic mass is 19.1. The molecule has 4 nitrogen and oxygen atoms in total. The maximum atomic E-state index is 13.3. The highest BCUT2D eigenvalue weighted by Gasteiger charge is 2.19. The summed E-state index contributed by atoms with van der Waals surface area (Å²) in [4.78, 5) is 6.36. The van der Waals surface area contributed by atoms with Gasteiger partial charge < -0.3 is 15.3 Å². The number of halogens is 1. The zero-order valence-corrected chi connectivity index (χ0v) is 11.7. The molecule has 1 saturated heterocycles. The SMILES string of the molecule is Oc1ccc(NC2CCN(c3ccncc3)CC2)cc1F. The summed E-state index contributed by atoms with van der Waals surface area (Å²) in [5.41, 5.74) is 1.91. The Kier molecular flexibility index (Phi) is 3.90. The molecule has 2 heterocycles. The van der Waals surface area contributed by atoms with E-state index in [2.05, 4.69) is 15.2 Å². The number of benzene rings is 1. The van der Waals surface area contributed by atoms with E-state index in [0.29, 0.717) is 11.7 Å². The minimum absolute atomic E-state index is 0.312. The second-order valence-electron chi connectivity index (χ2n) is 5.28. The van der Waals surface area contributed by atoms with E-state index in [1.54, 1.807) is 18.5 Å². The number of aromatic nitrogens is 1. The fourth-order valence-electron chi connectivity index (χ4n) is 2.67. The van der Waals surface area contributed by atoms with Crippen molar-refractivity contribution in [3.05, 3.63) is 48.5 Å². The number of hydrogen-bond donors (Lipinski definition) is 2. The maximum absolute atomic E-state index is 13.3. The average molecular weight is 287 g/mol. The van der Waals surface area contributed by atoms with Crippen LogP contribution in [0.25, 0.3) is 0 Å². The molecule has 2 aromatic rings. The van der Waals surface area contributed by atoms with Crippen molar-refractivity contribution in [1.82, 2.24) is 4.98 Å². The van der Waals surface area contributed by atoms with Gasteiger partial charge in [-0.25, -0.2) is 4.39 Å². The van der Waals surface area contributed by atoms with E-state index in [1.807, 2.05) is 12.1 Å². The maximum Gasteiger partial charge on any atom is 0.166 e. The number of piperidine rings is 1. The molecule has 0 radical (unpaired) electrons. The summed E-state index contributed by atoms with van der Waals surface area (Å²) in [5, 5.41) is 12.5. The van der Waals surface area contributed by atoms with E-state index < -0.39 is 5.82 Å². The molecule has 0 saturated carbocycles. The third-order valence-electron chi connectivity index (χ3n) is 3.84. The minimum atomic E-state index is -0.589. The summed E-state index contributed by atoms with van der Waals surface area (Å²) in [6.45, 7) is 1.92. The van der Waals surface area contributed by atoms with Crippen molar-refractivity contribution in [3.8, 4) is 5.75 Å². The number of phenolic OH excluding ortho intramolecular Hbond substituents is 1. The Hall–Kier alpha value is -2.30. The second-order valence-corrected chi connectivity index (χ2v) is 5.28. The number of phenols is 1. The van der Waals surface area contributed by atoms with Crippen molar-refractivity contribution in [2.24, 2.45) is 0 Å². The molecule has 0 aliphatic carbocycles. The molecule has 1 aromatic carbocycles. The van der Waals surface area contributed by atoms with Crippen molar-refractivity contribution in [2.45, 2.75) is 18.9 Å². The van der Waals surface area contributed by atoms with Gasteiger partial charge >= 0.3 is 0 Å². The molecule has 1 fully saturated rings. The van der Waals surface area contributed by atoms with E-state index in [1.165, 1.54) is 17.8 Å². The van der Waals surface area contributed by atoms with Gasteiger partial charge in [0.05, 0.1) is 0 Å². The lowest BCUT2D eigenvalue weighted by atomic mass is 10.0. The molecule has 0 spiro atoms. The average Bonchev–Trinajstić information content (AvgIpc) is 2.53. The smallest absolute Gasteiger partial charge is 0.166 e. The predicted octanol–water partition coefficient (Wildman–Crippen LogP) is 3.01. The van der Waals surface area contributed by atoms with E-state index in [-0.39, 0.29) is 5.75 Å². The van der Waals surface area contributed by atoms with Crippen LogP contribution in [-0.4, -0.2) is 29.2 Å². The number of nitrogens with one attached hydrogen (secondary N) is 1. The molecule has 0 unspecified atom stereocenters. The van der Waals surface area contributed by atoms with Crippen molar-refractivity contribution >= 4 is 11.4 Å². The quantitative estimate of drug-likeness (QED) is 0.852. The van der Waals surface area contributed by atoms with Crippen LogP contribution in [0.1, 0.15) is 12.8 Å². The van der Waals surface area contributed by atoms with Gasteiger partial charge in [0.15, 0.2) is 11.6 Å². The molecule has 3 rings (SSSR count). The Morgan fingerprint density at radius 2 is 1.86 bits per heavy atom. The third kappa shape index (κ3) is 3.24. The molecule has 110 valence electrons. The van der Waals surface area contributed by atoms with Crippen LogP contribution in [0.4, 0.5) is 15.8 Å². The molecular weight excluding hydrogens is 269 g/mol. The number of pyridine rings is 1. The van der Waals surface area contributed by atoms with Gasteiger partial charge in [0.25, 0.3) is 0 Å². The first kappa shape index (κ1) is 13.7. The van der Waals surface area contributed by atoms with Crippen molar-refractivity contribution in [3.63, 3.8) is 0 Å². The molecule has 1 aliphatic heterocycles. The summed E-state index contributed by atoms with van der Waals surface area (Å²) < 4.78 is 13.3. The normalized spacial score (nSPS) is 16.0. The first-order valence-electron chi connectivity index (χ1n) is 7.12. The topological polar surface area (TPSA) is 48.4 Å². The number of rotatable bonds is 3. The van der Waals surface area contributed by atoms with Gasteiger partial charge in [0.1, 0.15) is 0 Å². The van der Waals surface area contributed by atoms with Crippen molar-refractivity contribution in [1.29, 1.82) is 0 Å². The summed E-state index contributed by atoms with van der Waals surface area (Å²) in [6.07, 6.45) is 5.59. The third-order valence-corrected chi connectivity index (χ3v) is 3.84. The lowest BCUT2D eigenvalue weighted by molar-refractivity contribution is 0.432. The lowest BCUT2D eigenvalue weighted by Gasteiger charge is -2.34. The highest BCUT2D eigenvalue weighted by molar-refractivity contribution is 5.49. The molecule has 2 N–H and O–H groups in total. The second kappa shape index (κ2) is 5.99. The predicted molar refractivity (Wildman–Crippen MR) is 81.2 cm³/mol. The van der Waals surface area contributed by atoms with Crippen LogP contribution in [-0.2, 0) is 0 Å². The summed E-state index contributed by atoms with van der Waals surface area (Å²) in [6, 6.07) is 8.78. The number of nitrogens with zero attached hydrogens (tertiary/aromatic N) is 2. The van der Waals surface area contributed by atoms with Gasteiger partial charge in [-0.1, -0.05) is 0 Å². The number of aromatic hydroxyl groups is 1. The minimum Gasteiger partial charge on any atom is -0.505 e. The van der Waals surface area contributed by atoms with Crippen LogP contribution in [0.2, 0.25) is 0 Å². The van der Waals surface area contributed by atoms with E-state index in [9.17, 15) is 9.50 Å². The van der Waals surface area contributed by atoms with Gasteiger partial charge in [-0.15, -0.1) is 0 Å². The molecular formula is C16H18FN3O. The number of anilines is 2. The van der Waals surface area contributed by atoms with Crippen molar-refractivity contribution < 1.29 is 9.50 Å². The van der Waals surface area contributed by atoms with Crippen LogP contribution in [0.5, 0.6) is 5.75 Å². The Balaban J connectivity index is 1.57. The Morgan fingerprint density at radius 1 is 1.14 bits per heavy atom. The summed E-state index contributed by atoms with van der Waals surface area (Å²) >= 11 is 0. The standard InChI is InChI=1S/C16H18FN3O/c17-15-11-13(1-2-16(15)21)19-12-5-9-20(10-6-12)14-3-7-18-8-4-14/h1-4,7-8,11-12,19,21H,5-6,9-10H2. The van der Waals surface area contributed by atoms with Gasteiger partial charge in [-0.2, -0.15) is 0 Å². The van der Waals surface area contributed by atoms with E-state index in [0.717, 1.165) is 25.9 Å².